The molecule has 1 aromatic heterocycles. The van der Waals surface area contributed by atoms with Gasteiger partial charge in [-0.25, -0.2) is 21.6 Å². The van der Waals surface area contributed by atoms with E-state index in [1.54, 1.807) is 36.4 Å². The lowest BCUT2D eigenvalue weighted by molar-refractivity contribution is -0.146. The van der Waals surface area contributed by atoms with E-state index in [0.29, 0.717) is 24.0 Å². The monoisotopic (exact) mass is 631 g/mol. The second-order valence-electron chi connectivity index (χ2n) is 11.6. The Hall–Kier alpha value is -5.25. The highest BCUT2D eigenvalue weighted by atomic mass is 32.2. The van der Waals surface area contributed by atoms with Crippen molar-refractivity contribution in [3.63, 3.8) is 0 Å². The Kier molecular flexibility index (Phi) is 8.20. The Labute approximate surface area is 267 Å². The SMILES string of the molecule is [C-]#[N+]c1cccc(C#N)c1-c1c(-c2cccc(C3CCC(C(=O)OC)CC3)c2)n(S(=O)(=O)c2ccc(C)cc2)c2ccc(F)cc12. The molecule has 0 saturated heterocycles. The van der Waals surface area contributed by atoms with E-state index < -0.39 is 15.8 Å². The van der Waals surface area contributed by atoms with E-state index in [-0.39, 0.29) is 56.1 Å². The number of methoxy groups -OCH3 is 1. The van der Waals surface area contributed by atoms with Crippen LogP contribution in [0.25, 0.3) is 38.1 Å². The van der Waals surface area contributed by atoms with E-state index in [1.165, 1.54) is 41.4 Å². The van der Waals surface area contributed by atoms with Gasteiger partial charge in [0.2, 0.25) is 0 Å². The molecule has 0 unspecified atom stereocenters. The molecule has 0 N–H and O–H groups in total. The van der Waals surface area contributed by atoms with Crippen molar-refractivity contribution in [1.29, 1.82) is 5.26 Å². The van der Waals surface area contributed by atoms with Crippen LogP contribution in [-0.4, -0.2) is 25.5 Å². The lowest BCUT2D eigenvalue weighted by Gasteiger charge is -2.27. The minimum absolute atomic E-state index is 0.0448. The standard InChI is InChI=1S/C37H30FN3O4S/c1-23-10-17-30(18-11-23)46(43,44)41-33-19-16-29(38)21-31(33)35(34-28(22-39)8-5-9-32(34)40-2)36(41)27-7-4-6-26(20-27)24-12-14-25(15-13-24)37(42)45-3/h4-11,16-21,24-25H,12-15H2,1,3H3. The number of esters is 1. The highest BCUT2D eigenvalue weighted by Gasteiger charge is 2.32. The number of hydrogen-bond acceptors (Lipinski definition) is 5. The number of benzene rings is 4. The van der Waals surface area contributed by atoms with Crippen molar-refractivity contribution in [1.82, 2.24) is 3.97 Å². The number of carbonyl (C=O) groups excluding carboxylic acids is 1. The number of carbonyl (C=O) groups is 1. The second-order valence-corrected chi connectivity index (χ2v) is 13.4. The largest absolute Gasteiger partial charge is 0.469 e. The summed E-state index contributed by atoms with van der Waals surface area (Å²) in [5, 5.41) is 10.4. The Morgan fingerprint density at radius 1 is 0.978 bits per heavy atom. The molecule has 230 valence electrons. The van der Waals surface area contributed by atoms with Gasteiger partial charge in [-0.1, -0.05) is 48.0 Å². The van der Waals surface area contributed by atoms with Crippen molar-refractivity contribution in [3.8, 4) is 28.5 Å². The normalized spacial score (nSPS) is 16.5. The van der Waals surface area contributed by atoms with Crippen molar-refractivity contribution < 1.29 is 22.3 Å². The van der Waals surface area contributed by atoms with Gasteiger partial charge in [0.05, 0.1) is 41.8 Å². The van der Waals surface area contributed by atoms with Crippen LogP contribution >= 0.6 is 0 Å². The third-order valence-electron chi connectivity index (χ3n) is 8.87. The smallest absolute Gasteiger partial charge is 0.308 e. The molecule has 1 aliphatic carbocycles. The van der Waals surface area contributed by atoms with Gasteiger partial charge in [0.15, 0.2) is 5.69 Å². The molecule has 1 aliphatic rings. The molecule has 7 nitrogen and oxygen atoms in total. The van der Waals surface area contributed by atoms with Gasteiger partial charge in [-0.05, 0) is 86.6 Å². The molecule has 0 spiro atoms. The molecule has 4 aromatic carbocycles. The van der Waals surface area contributed by atoms with E-state index in [9.17, 15) is 18.5 Å². The number of nitriles is 1. The van der Waals surface area contributed by atoms with Crippen LogP contribution in [0, 0.1) is 36.6 Å². The summed E-state index contributed by atoms with van der Waals surface area (Å²) in [4.78, 5) is 15.9. The summed E-state index contributed by atoms with van der Waals surface area (Å²) in [5.74, 6) is -0.817. The minimum atomic E-state index is -4.28. The fraction of sp³-hybridized carbons (Fsp3) is 0.216. The van der Waals surface area contributed by atoms with Crippen LogP contribution in [0.4, 0.5) is 10.1 Å². The van der Waals surface area contributed by atoms with E-state index in [1.807, 2.05) is 25.1 Å². The van der Waals surface area contributed by atoms with E-state index in [2.05, 4.69) is 10.9 Å². The number of nitrogens with zero attached hydrogens (tertiary/aromatic N) is 3. The quantitative estimate of drug-likeness (QED) is 0.138. The molecule has 6 rings (SSSR count). The molecule has 9 heteroatoms. The highest BCUT2D eigenvalue weighted by molar-refractivity contribution is 7.90. The molecule has 0 radical (unpaired) electrons. The highest BCUT2D eigenvalue weighted by Crippen LogP contribution is 2.48. The third kappa shape index (κ3) is 5.33. The molecular weight excluding hydrogens is 601 g/mol. The molecule has 5 aromatic rings. The maximum absolute atomic E-state index is 15.0. The number of fused-ring (bicyclic) bond motifs is 1. The van der Waals surface area contributed by atoms with Crippen molar-refractivity contribution in [3.05, 3.63) is 119 Å². The summed E-state index contributed by atoms with van der Waals surface area (Å²) < 4.78 is 50.4. The van der Waals surface area contributed by atoms with Crippen LogP contribution in [0.1, 0.15) is 48.3 Å². The predicted molar refractivity (Wildman–Crippen MR) is 174 cm³/mol. The third-order valence-corrected chi connectivity index (χ3v) is 10.6. The van der Waals surface area contributed by atoms with Gasteiger partial charge in [0.25, 0.3) is 10.0 Å². The molecular formula is C37H30FN3O4S. The first-order chi connectivity index (χ1) is 22.2. The van der Waals surface area contributed by atoms with Crippen molar-refractivity contribution >= 4 is 32.6 Å². The van der Waals surface area contributed by atoms with Gasteiger partial charge in [-0.3, -0.25) is 4.79 Å². The van der Waals surface area contributed by atoms with Gasteiger partial charge in [-0.15, -0.1) is 0 Å². The first-order valence-electron chi connectivity index (χ1n) is 14.9. The zero-order chi connectivity index (χ0) is 32.6. The van der Waals surface area contributed by atoms with Gasteiger partial charge in [0.1, 0.15) is 5.82 Å². The lowest BCUT2D eigenvalue weighted by atomic mass is 9.78. The Bertz CT molecular complexity index is 2150. The summed E-state index contributed by atoms with van der Waals surface area (Å²) in [6.07, 6.45) is 2.87. The Morgan fingerprint density at radius 2 is 1.70 bits per heavy atom. The molecule has 0 atom stereocenters. The number of ether oxygens (including phenoxy) is 1. The second kappa shape index (κ2) is 12.3. The van der Waals surface area contributed by atoms with E-state index >= 15 is 4.39 Å². The summed E-state index contributed by atoms with van der Waals surface area (Å²) in [6, 6.07) is 24.9. The molecule has 0 bridgehead atoms. The van der Waals surface area contributed by atoms with Crippen LogP contribution < -0.4 is 0 Å². The molecule has 1 heterocycles. The van der Waals surface area contributed by atoms with Gasteiger partial charge >= 0.3 is 5.97 Å². The van der Waals surface area contributed by atoms with Crippen molar-refractivity contribution in [2.75, 3.05) is 7.11 Å². The molecule has 46 heavy (non-hydrogen) atoms. The van der Waals surface area contributed by atoms with Gasteiger partial charge in [-0.2, -0.15) is 5.26 Å². The number of hydrogen-bond donors (Lipinski definition) is 0. The first-order valence-corrected chi connectivity index (χ1v) is 16.4. The maximum atomic E-state index is 15.0. The number of halogens is 1. The van der Waals surface area contributed by atoms with Crippen LogP contribution in [0.3, 0.4) is 0 Å². The Morgan fingerprint density at radius 3 is 2.37 bits per heavy atom. The molecule has 0 amide bonds. The topological polar surface area (TPSA) is 93.5 Å². The first kappa shape index (κ1) is 30.8. The molecule has 0 aliphatic heterocycles. The van der Waals surface area contributed by atoms with Gasteiger partial charge < -0.3 is 4.74 Å². The fourth-order valence-corrected chi connectivity index (χ4v) is 8.12. The predicted octanol–water partition coefficient (Wildman–Crippen LogP) is 8.53. The zero-order valence-corrected chi connectivity index (χ0v) is 26.1. The minimum Gasteiger partial charge on any atom is -0.469 e. The maximum Gasteiger partial charge on any atom is 0.308 e. The van der Waals surface area contributed by atoms with Crippen LogP contribution in [0.15, 0.2) is 89.8 Å². The zero-order valence-electron chi connectivity index (χ0n) is 25.3. The summed E-state index contributed by atoms with van der Waals surface area (Å²) in [7, 11) is -2.88. The number of aromatic nitrogens is 1. The van der Waals surface area contributed by atoms with Crippen LogP contribution in [0.2, 0.25) is 0 Å². The van der Waals surface area contributed by atoms with Crippen molar-refractivity contribution in [2.45, 2.75) is 43.4 Å². The summed E-state index contributed by atoms with van der Waals surface area (Å²) in [5.41, 5.74) is 3.71. The average Bonchev–Trinajstić information content (AvgIpc) is 3.42. The number of rotatable bonds is 6. The summed E-state index contributed by atoms with van der Waals surface area (Å²) >= 11 is 0. The van der Waals surface area contributed by atoms with Gasteiger partial charge in [0, 0.05) is 27.6 Å². The Balaban J connectivity index is 1.67. The van der Waals surface area contributed by atoms with Crippen LogP contribution in [-0.2, 0) is 19.6 Å². The summed E-state index contributed by atoms with van der Waals surface area (Å²) in [6.45, 7) is 9.79. The number of aryl methyl sites for hydroxylation is 1. The molecule has 1 saturated carbocycles. The average molecular weight is 632 g/mol. The van der Waals surface area contributed by atoms with Crippen LogP contribution in [0.5, 0.6) is 0 Å². The van der Waals surface area contributed by atoms with E-state index in [4.69, 9.17) is 11.3 Å². The lowest BCUT2D eigenvalue weighted by Crippen LogP contribution is -2.22. The fourth-order valence-electron chi connectivity index (χ4n) is 6.57. The van der Waals surface area contributed by atoms with Crippen molar-refractivity contribution in [2.24, 2.45) is 5.92 Å². The van der Waals surface area contributed by atoms with E-state index in [0.717, 1.165) is 24.0 Å². The molecule has 1 fully saturated rings.